The van der Waals surface area contributed by atoms with Gasteiger partial charge in [0.15, 0.2) is 11.5 Å². The predicted octanol–water partition coefficient (Wildman–Crippen LogP) is 4.82. The summed E-state index contributed by atoms with van der Waals surface area (Å²) < 4.78 is 18.9. The summed E-state index contributed by atoms with van der Waals surface area (Å²) in [7, 11) is 0. The smallest absolute Gasteiger partial charge is 0.272 e. The Balaban J connectivity index is 1.61. The molecule has 0 aliphatic carbocycles. The van der Waals surface area contributed by atoms with Gasteiger partial charge >= 0.3 is 0 Å². The number of benzene rings is 2. The van der Waals surface area contributed by atoms with Crippen LogP contribution in [0.25, 0.3) is 22.0 Å². The molecule has 0 unspecified atom stereocenters. The molecule has 0 saturated heterocycles. The van der Waals surface area contributed by atoms with Gasteiger partial charge in [0.2, 0.25) is 0 Å². The molecule has 0 aliphatic heterocycles. The molecule has 0 atom stereocenters. The van der Waals surface area contributed by atoms with E-state index >= 15 is 0 Å². The van der Waals surface area contributed by atoms with Crippen molar-refractivity contribution in [3.05, 3.63) is 59.9 Å². The first-order valence-corrected chi connectivity index (χ1v) is 8.00. The van der Waals surface area contributed by atoms with Gasteiger partial charge in [-0.2, -0.15) is 0 Å². The Morgan fingerprint density at radius 1 is 1.20 bits per heavy atom. The van der Waals surface area contributed by atoms with Crippen molar-refractivity contribution in [2.45, 2.75) is 19.8 Å². The van der Waals surface area contributed by atoms with Crippen LogP contribution in [0.4, 0.5) is 10.1 Å². The van der Waals surface area contributed by atoms with Crippen molar-refractivity contribution in [3.63, 3.8) is 0 Å². The fourth-order valence-electron chi connectivity index (χ4n) is 2.69. The van der Waals surface area contributed by atoms with Crippen LogP contribution < -0.4 is 5.32 Å². The molecule has 0 radical (unpaired) electrons. The van der Waals surface area contributed by atoms with Crippen molar-refractivity contribution < 1.29 is 13.6 Å². The fourth-order valence-corrected chi connectivity index (χ4v) is 2.69. The molecule has 0 fully saturated rings. The van der Waals surface area contributed by atoms with Gasteiger partial charge in [-0.15, -0.1) is 0 Å². The van der Waals surface area contributed by atoms with E-state index in [1.165, 1.54) is 12.1 Å². The van der Waals surface area contributed by atoms with Crippen molar-refractivity contribution in [1.82, 2.24) is 9.97 Å². The number of anilines is 1. The van der Waals surface area contributed by atoms with E-state index in [1.807, 2.05) is 13.8 Å². The molecule has 2 aromatic heterocycles. The summed E-state index contributed by atoms with van der Waals surface area (Å²) >= 11 is 0. The lowest BCUT2D eigenvalue weighted by molar-refractivity contribution is 0.102. The topological polar surface area (TPSA) is 70.9 Å². The Bertz CT molecular complexity index is 1090. The number of hydrogen-bond donors (Lipinski definition) is 2. The lowest BCUT2D eigenvalue weighted by Gasteiger charge is -2.02. The van der Waals surface area contributed by atoms with Crippen LogP contribution in [0.15, 0.2) is 46.9 Å². The van der Waals surface area contributed by atoms with E-state index < -0.39 is 0 Å². The average molecular weight is 337 g/mol. The van der Waals surface area contributed by atoms with Crippen LogP contribution in [0.2, 0.25) is 0 Å². The maximum atomic E-state index is 13.3. The van der Waals surface area contributed by atoms with Crippen LogP contribution in [0.5, 0.6) is 0 Å². The minimum Gasteiger partial charge on any atom is -0.440 e. The highest BCUT2D eigenvalue weighted by atomic mass is 19.1. The standard InChI is InChI=1S/C19H16FN3O2/c1-10(2)19-23-15-9-13(4-6-17(15)25-19)21-18(24)16-8-11-7-12(20)3-5-14(11)22-16/h3-10,22H,1-2H3,(H,21,24). The molecule has 1 amide bonds. The zero-order valence-corrected chi connectivity index (χ0v) is 13.8. The summed E-state index contributed by atoms with van der Waals surface area (Å²) in [6.45, 7) is 4.01. The first-order chi connectivity index (χ1) is 12.0. The van der Waals surface area contributed by atoms with Crippen molar-refractivity contribution in [2.24, 2.45) is 0 Å². The highest BCUT2D eigenvalue weighted by Crippen LogP contribution is 2.24. The maximum Gasteiger partial charge on any atom is 0.272 e. The van der Waals surface area contributed by atoms with E-state index in [0.717, 1.165) is 0 Å². The molecule has 2 aromatic carbocycles. The van der Waals surface area contributed by atoms with Crippen LogP contribution >= 0.6 is 0 Å². The first kappa shape index (κ1) is 15.4. The highest BCUT2D eigenvalue weighted by molar-refractivity contribution is 6.06. The predicted molar refractivity (Wildman–Crippen MR) is 94.3 cm³/mol. The quantitative estimate of drug-likeness (QED) is 0.563. The van der Waals surface area contributed by atoms with E-state index in [4.69, 9.17) is 4.42 Å². The van der Waals surface area contributed by atoms with Gasteiger partial charge in [0.25, 0.3) is 5.91 Å². The molecular formula is C19H16FN3O2. The Hall–Kier alpha value is -3.15. The number of aromatic nitrogens is 2. The molecule has 5 nitrogen and oxygen atoms in total. The number of hydrogen-bond acceptors (Lipinski definition) is 3. The van der Waals surface area contributed by atoms with Crippen molar-refractivity contribution in [1.29, 1.82) is 0 Å². The monoisotopic (exact) mass is 337 g/mol. The Kier molecular flexibility index (Phi) is 3.53. The number of nitrogens with one attached hydrogen (secondary N) is 2. The number of H-pyrrole nitrogens is 1. The largest absolute Gasteiger partial charge is 0.440 e. The highest BCUT2D eigenvalue weighted by Gasteiger charge is 2.13. The number of rotatable bonds is 3. The third-order valence-corrected chi connectivity index (χ3v) is 3.98. The van der Waals surface area contributed by atoms with Gasteiger partial charge in [0.05, 0.1) is 0 Å². The van der Waals surface area contributed by atoms with E-state index in [-0.39, 0.29) is 17.6 Å². The Morgan fingerprint density at radius 2 is 2.04 bits per heavy atom. The SMILES string of the molecule is CC(C)c1nc2cc(NC(=O)c3cc4cc(F)ccc4[nH]3)ccc2o1. The zero-order chi connectivity index (χ0) is 17.6. The molecule has 0 bridgehead atoms. The molecule has 0 aliphatic rings. The normalized spacial score (nSPS) is 11.5. The second kappa shape index (κ2) is 5.73. The summed E-state index contributed by atoms with van der Waals surface area (Å²) in [6.07, 6.45) is 0. The van der Waals surface area contributed by atoms with E-state index in [0.29, 0.717) is 39.3 Å². The lowest BCUT2D eigenvalue weighted by atomic mass is 10.2. The van der Waals surface area contributed by atoms with Crippen LogP contribution in [0.3, 0.4) is 0 Å². The van der Waals surface area contributed by atoms with Gasteiger partial charge in [0, 0.05) is 22.5 Å². The summed E-state index contributed by atoms with van der Waals surface area (Å²) in [5, 5.41) is 3.47. The van der Waals surface area contributed by atoms with Crippen molar-refractivity contribution >= 4 is 33.6 Å². The number of oxazole rings is 1. The average Bonchev–Trinajstić information content (AvgIpc) is 3.17. The van der Waals surface area contributed by atoms with Crippen LogP contribution in [0, 0.1) is 5.82 Å². The second-order valence-corrected chi connectivity index (χ2v) is 6.26. The number of carbonyl (C=O) groups excluding carboxylic acids is 1. The summed E-state index contributed by atoms with van der Waals surface area (Å²) in [6, 6.07) is 11.3. The van der Waals surface area contributed by atoms with Gasteiger partial charge in [-0.1, -0.05) is 13.8 Å². The van der Waals surface area contributed by atoms with Gasteiger partial charge in [-0.3, -0.25) is 4.79 Å². The second-order valence-electron chi connectivity index (χ2n) is 6.26. The van der Waals surface area contributed by atoms with Crippen molar-refractivity contribution in [3.8, 4) is 0 Å². The first-order valence-electron chi connectivity index (χ1n) is 8.00. The molecule has 0 spiro atoms. The van der Waals surface area contributed by atoms with Crippen LogP contribution in [-0.4, -0.2) is 15.9 Å². The van der Waals surface area contributed by atoms with Gasteiger partial charge in [-0.05, 0) is 42.5 Å². The van der Waals surface area contributed by atoms with E-state index in [1.54, 1.807) is 30.3 Å². The molecule has 4 rings (SSSR count). The lowest BCUT2D eigenvalue weighted by Crippen LogP contribution is -2.12. The number of carbonyl (C=O) groups is 1. The number of fused-ring (bicyclic) bond motifs is 2. The van der Waals surface area contributed by atoms with Crippen molar-refractivity contribution in [2.75, 3.05) is 5.32 Å². The van der Waals surface area contributed by atoms with Gasteiger partial charge in [0.1, 0.15) is 17.0 Å². The van der Waals surface area contributed by atoms with Gasteiger partial charge < -0.3 is 14.7 Å². The minimum atomic E-state index is -0.337. The molecule has 25 heavy (non-hydrogen) atoms. The number of halogens is 1. The Labute approximate surface area is 142 Å². The molecule has 2 N–H and O–H groups in total. The molecule has 6 heteroatoms. The fraction of sp³-hybridized carbons (Fsp3) is 0.158. The number of amides is 1. The number of aromatic amines is 1. The molecule has 0 saturated carbocycles. The van der Waals surface area contributed by atoms with E-state index in [9.17, 15) is 9.18 Å². The molecule has 126 valence electrons. The minimum absolute atomic E-state index is 0.192. The summed E-state index contributed by atoms with van der Waals surface area (Å²) in [5.41, 5.74) is 3.07. The molecule has 4 aromatic rings. The van der Waals surface area contributed by atoms with Crippen LogP contribution in [0.1, 0.15) is 36.1 Å². The maximum absolute atomic E-state index is 13.3. The summed E-state index contributed by atoms with van der Waals surface area (Å²) in [5.74, 6) is 0.216. The Morgan fingerprint density at radius 3 is 2.84 bits per heavy atom. The third kappa shape index (κ3) is 2.87. The zero-order valence-electron chi connectivity index (χ0n) is 13.8. The molecular weight excluding hydrogens is 321 g/mol. The van der Waals surface area contributed by atoms with Crippen LogP contribution in [-0.2, 0) is 0 Å². The third-order valence-electron chi connectivity index (χ3n) is 3.98. The van der Waals surface area contributed by atoms with E-state index in [2.05, 4.69) is 15.3 Å². The number of nitrogens with zero attached hydrogens (tertiary/aromatic N) is 1. The summed E-state index contributed by atoms with van der Waals surface area (Å²) in [4.78, 5) is 19.9. The van der Waals surface area contributed by atoms with Gasteiger partial charge in [-0.25, -0.2) is 9.37 Å². The molecule has 2 heterocycles.